The minimum atomic E-state index is -0.970. The molecular weight excluding hydrogens is 222 g/mol. The van der Waals surface area contributed by atoms with Crippen molar-refractivity contribution in [1.82, 2.24) is 5.32 Å². The molecule has 1 amide bonds. The maximum atomic E-state index is 11.7. The predicted octanol–water partition coefficient (Wildman–Crippen LogP) is 0.989. The molecule has 1 aromatic carbocycles. The van der Waals surface area contributed by atoms with Crippen LogP contribution in [0.5, 0.6) is 11.5 Å². The fourth-order valence-corrected chi connectivity index (χ4v) is 1.20. The van der Waals surface area contributed by atoms with E-state index in [-0.39, 0.29) is 23.6 Å². The van der Waals surface area contributed by atoms with Gasteiger partial charge in [0.05, 0.1) is 11.2 Å². The molecule has 0 spiro atoms. The number of benzene rings is 1. The lowest BCUT2D eigenvalue weighted by atomic mass is 10.0. The van der Waals surface area contributed by atoms with Crippen molar-refractivity contribution in [2.24, 2.45) is 0 Å². The second-order valence-corrected chi connectivity index (χ2v) is 4.23. The average Bonchev–Trinajstić information content (AvgIpc) is 2.26. The van der Waals surface area contributed by atoms with E-state index >= 15 is 0 Å². The van der Waals surface area contributed by atoms with Crippen molar-refractivity contribution in [2.45, 2.75) is 25.9 Å². The number of aromatic hydroxyl groups is 2. The Labute approximate surface area is 99.7 Å². The SMILES string of the molecule is CCC(C)(O)CNC(=O)c1ccc(O)cc1O. The number of hydrogen-bond acceptors (Lipinski definition) is 4. The maximum Gasteiger partial charge on any atom is 0.255 e. The van der Waals surface area contributed by atoms with Gasteiger partial charge < -0.3 is 20.6 Å². The summed E-state index contributed by atoms with van der Waals surface area (Å²) in [4.78, 5) is 11.7. The van der Waals surface area contributed by atoms with Gasteiger partial charge in [-0.3, -0.25) is 4.79 Å². The number of carbonyl (C=O) groups is 1. The molecule has 0 radical (unpaired) electrons. The summed E-state index contributed by atoms with van der Waals surface area (Å²) in [7, 11) is 0. The van der Waals surface area contributed by atoms with Gasteiger partial charge in [-0.25, -0.2) is 0 Å². The molecule has 4 N–H and O–H groups in total. The Kier molecular flexibility index (Phi) is 3.96. The lowest BCUT2D eigenvalue weighted by Crippen LogP contribution is -2.40. The summed E-state index contributed by atoms with van der Waals surface area (Å²) in [6.45, 7) is 3.52. The predicted molar refractivity (Wildman–Crippen MR) is 63.0 cm³/mol. The van der Waals surface area contributed by atoms with E-state index in [1.807, 2.05) is 6.92 Å². The highest BCUT2D eigenvalue weighted by Gasteiger charge is 2.20. The van der Waals surface area contributed by atoms with E-state index in [1.54, 1.807) is 6.92 Å². The second-order valence-electron chi connectivity index (χ2n) is 4.23. The highest BCUT2D eigenvalue weighted by atomic mass is 16.3. The van der Waals surface area contributed by atoms with Crippen LogP contribution in [0.15, 0.2) is 18.2 Å². The minimum absolute atomic E-state index is 0.0645. The van der Waals surface area contributed by atoms with Gasteiger partial charge in [0.2, 0.25) is 0 Å². The van der Waals surface area contributed by atoms with Gasteiger partial charge in [-0.15, -0.1) is 0 Å². The molecule has 5 nitrogen and oxygen atoms in total. The number of rotatable bonds is 4. The van der Waals surface area contributed by atoms with Crippen LogP contribution in [0, 0.1) is 0 Å². The summed E-state index contributed by atoms with van der Waals surface area (Å²) in [6.07, 6.45) is 0.509. The van der Waals surface area contributed by atoms with E-state index in [4.69, 9.17) is 5.11 Å². The first kappa shape index (κ1) is 13.3. The van der Waals surface area contributed by atoms with Crippen LogP contribution < -0.4 is 5.32 Å². The summed E-state index contributed by atoms with van der Waals surface area (Å²) in [5.74, 6) is -0.894. The summed E-state index contributed by atoms with van der Waals surface area (Å²) in [5.41, 5.74) is -0.906. The Balaban J connectivity index is 2.71. The molecular formula is C12H17NO4. The molecule has 0 fully saturated rings. The number of carbonyl (C=O) groups excluding carboxylic acids is 1. The number of nitrogens with one attached hydrogen (secondary N) is 1. The Morgan fingerprint density at radius 2 is 2.06 bits per heavy atom. The van der Waals surface area contributed by atoms with Crippen LogP contribution >= 0.6 is 0 Å². The van der Waals surface area contributed by atoms with E-state index in [1.165, 1.54) is 12.1 Å². The molecule has 0 aliphatic rings. The van der Waals surface area contributed by atoms with Crippen LogP contribution in [-0.2, 0) is 0 Å². The molecule has 1 rings (SSSR count). The number of amides is 1. The number of hydrogen-bond donors (Lipinski definition) is 4. The summed E-state index contributed by atoms with van der Waals surface area (Å²) in [5, 5.41) is 30.8. The minimum Gasteiger partial charge on any atom is -0.508 e. The normalized spacial score (nSPS) is 14.1. The first-order valence-corrected chi connectivity index (χ1v) is 5.38. The molecule has 1 atom stereocenters. The summed E-state index contributed by atoms with van der Waals surface area (Å²) in [6, 6.07) is 3.72. The molecule has 0 saturated carbocycles. The van der Waals surface area contributed by atoms with Crippen LogP contribution in [0.4, 0.5) is 0 Å². The molecule has 0 heterocycles. The smallest absolute Gasteiger partial charge is 0.255 e. The van der Waals surface area contributed by atoms with Crippen LogP contribution in [0.2, 0.25) is 0 Å². The third kappa shape index (κ3) is 3.64. The van der Waals surface area contributed by atoms with Gasteiger partial charge in [-0.05, 0) is 25.5 Å². The van der Waals surface area contributed by atoms with E-state index in [0.29, 0.717) is 6.42 Å². The largest absolute Gasteiger partial charge is 0.508 e. The first-order valence-electron chi connectivity index (χ1n) is 5.38. The van der Waals surface area contributed by atoms with Crippen molar-refractivity contribution in [3.05, 3.63) is 23.8 Å². The van der Waals surface area contributed by atoms with Crippen LogP contribution in [0.25, 0.3) is 0 Å². The third-order valence-corrected chi connectivity index (χ3v) is 2.62. The molecule has 0 aliphatic heterocycles. The Hall–Kier alpha value is -1.75. The molecule has 17 heavy (non-hydrogen) atoms. The summed E-state index contributed by atoms with van der Waals surface area (Å²) >= 11 is 0. The Bertz CT molecular complexity index is 415. The van der Waals surface area contributed by atoms with Crippen molar-refractivity contribution in [3.63, 3.8) is 0 Å². The topological polar surface area (TPSA) is 89.8 Å². The quantitative estimate of drug-likeness (QED) is 0.630. The lowest BCUT2D eigenvalue weighted by Gasteiger charge is -2.21. The molecule has 0 aromatic heterocycles. The Morgan fingerprint density at radius 3 is 2.59 bits per heavy atom. The van der Waals surface area contributed by atoms with Crippen LogP contribution in [0.3, 0.4) is 0 Å². The molecule has 0 bridgehead atoms. The number of aliphatic hydroxyl groups is 1. The fraction of sp³-hybridized carbons (Fsp3) is 0.417. The third-order valence-electron chi connectivity index (χ3n) is 2.62. The molecule has 1 unspecified atom stereocenters. The fourth-order valence-electron chi connectivity index (χ4n) is 1.20. The van der Waals surface area contributed by atoms with Crippen molar-refractivity contribution in [2.75, 3.05) is 6.54 Å². The van der Waals surface area contributed by atoms with E-state index in [0.717, 1.165) is 6.07 Å². The van der Waals surface area contributed by atoms with E-state index < -0.39 is 11.5 Å². The average molecular weight is 239 g/mol. The standard InChI is InChI=1S/C12H17NO4/c1-3-12(2,17)7-13-11(16)9-5-4-8(14)6-10(9)15/h4-6,14-15,17H,3,7H2,1-2H3,(H,13,16). The van der Waals surface area contributed by atoms with Gasteiger partial charge in [0, 0.05) is 12.6 Å². The molecule has 0 saturated heterocycles. The highest BCUT2D eigenvalue weighted by molar-refractivity contribution is 5.97. The molecule has 5 heteroatoms. The van der Waals surface area contributed by atoms with E-state index in [9.17, 15) is 15.0 Å². The van der Waals surface area contributed by atoms with Crippen molar-refractivity contribution >= 4 is 5.91 Å². The zero-order valence-corrected chi connectivity index (χ0v) is 9.90. The molecule has 0 aliphatic carbocycles. The Morgan fingerprint density at radius 1 is 1.41 bits per heavy atom. The zero-order valence-electron chi connectivity index (χ0n) is 9.90. The number of phenols is 2. The van der Waals surface area contributed by atoms with Crippen LogP contribution in [0.1, 0.15) is 30.6 Å². The van der Waals surface area contributed by atoms with Gasteiger partial charge in [0.1, 0.15) is 11.5 Å². The maximum absolute atomic E-state index is 11.7. The first-order chi connectivity index (χ1) is 7.85. The van der Waals surface area contributed by atoms with Crippen molar-refractivity contribution in [3.8, 4) is 11.5 Å². The second kappa shape index (κ2) is 5.05. The monoisotopic (exact) mass is 239 g/mol. The number of phenolic OH excluding ortho intramolecular Hbond substituents is 2. The van der Waals surface area contributed by atoms with Gasteiger partial charge in [0.15, 0.2) is 0 Å². The van der Waals surface area contributed by atoms with Gasteiger partial charge in [-0.2, -0.15) is 0 Å². The van der Waals surface area contributed by atoms with Crippen LogP contribution in [-0.4, -0.2) is 33.4 Å². The summed E-state index contributed by atoms with van der Waals surface area (Å²) < 4.78 is 0. The van der Waals surface area contributed by atoms with Gasteiger partial charge in [0.25, 0.3) is 5.91 Å². The molecule has 94 valence electrons. The highest BCUT2D eigenvalue weighted by Crippen LogP contribution is 2.22. The zero-order chi connectivity index (χ0) is 13.1. The van der Waals surface area contributed by atoms with Crippen molar-refractivity contribution in [1.29, 1.82) is 0 Å². The van der Waals surface area contributed by atoms with Gasteiger partial charge in [-0.1, -0.05) is 6.92 Å². The van der Waals surface area contributed by atoms with Gasteiger partial charge >= 0.3 is 0 Å². The lowest BCUT2D eigenvalue weighted by molar-refractivity contribution is 0.0517. The van der Waals surface area contributed by atoms with E-state index in [2.05, 4.69) is 5.32 Å². The van der Waals surface area contributed by atoms with Crippen molar-refractivity contribution < 1.29 is 20.1 Å². The molecule has 1 aromatic rings.